The maximum absolute atomic E-state index is 13.0. The molecule has 1 aromatic rings. The van der Waals surface area contributed by atoms with Gasteiger partial charge in [0.25, 0.3) is 0 Å². The van der Waals surface area contributed by atoms with Gasteiger partial charge in [-0.15, -0.1) is 0 Å². The van der Waals surface area contributed by atoms with Crippen LogP contribution in [0.1, 0.15) is 37.8 Å². The molecule has 1 saturated heterocycles. The van der Waals surface area contributed by atoms with Crippen molar-refractivity contribution in [3.05, 3.63) is 34.6 Å². The smallest absolute Gasteiger partial charge is 0.236 e. The molecule has 0 saturated carbocycles. The van der Waals surface area contributed by atoms with E-state index in [0.717, 1.165) is 31.5 Å². The predicted octanol–water partition coefficient (Wildman–Crippen LogP) is 3.14. The van der Waals surface area contributed by atoms with Crippen LogP contribution >= 0.6 is 11.6 Å². The van der Waals surface area contributed by atoms with Gasteiger partial charge in [-0.1, -0.05) is 17.7 Å². The molecule has 5 heteroatoms. The molecule has 1 fully saturated rings. The van der Waals surface area contributed by atoms with Crippen molar-refractivity contribution < 1.29 is 9.18 Å². The van der Waals surface area contributed by atoms with E-state index in [1.807, 2.05) is 11.8 Å². The first-order valence-corrected chi connectivity index (χ1v) is 7.42. The van der Waals surface area contributed by atoms with Crippen LogP contribution < -0.4 is 5.32 Å². The second-order valence-electron chi connectivity index (χ2n) is 5.21. The van der Waals surface area contributed by atoms with E-state index in [9.17, 15) is 9.18 Å². The molecule has 0 spiro atoms. The number of piperidine rings is 1. The van der Waals surface area contributed by atoms with E-state index in [1.54, 1.807) is 6.07 Å². The van der Waals surface area contributed by atoms with E-state index < -0.39 is 0 Å². The first-order valence-electron chi connectivity index (χ1n) is 7.04. The van der Waals surface area contributed by atoms with Crippen LogP contribution in [-0.4, -0.2) is 30.4 Å². The van der Waals surface area contributed by atoms with Crippen LogP contribution in [0, 0.1) is 5.82 Å². The lowest BCUT2D eigenvalue weighted by atomic mass is 10.1. The Labute approximate surface area is 124 Å². The lowest BCUT2D eigenvalue weighted by molar-refractivity contribution is -0.131. The molecule has 20 heavy (non-hydrogen) atoms. The van der Waals surface area contributed by atoms with Gasteiger partial charge in [-0.05, 0) is 43.9 Å². The number of rotatable bonds is 4. The third-order valence-corrected chi connectivity index (χ3v) is 4.02. The van der Waals surface area contributed by atoms with Gasteiger partial charge in [0.2, 0.25) is 5.91 Å². The van der Waals surface area contributed by atoms with Gasteiger partial charge in [0.15, 0.2) is 0 Å². The monoisotopic (exact) mass is 298 g/mol. The van der Waals surface area contributed by atoms with Crippen molar-refractivity contribution in [3.8, 4) is 0 Å². The SMILES string of the molecule is CC(NCC(=O)N1CCCCC1)c1ccc(F)cc1Cl. The first-order chi connectivity index (χ1) is 9.58. The summed E-state index contributed by atoms with van der Waals surface area (Å²) >= 11 is 6.01. The summed E-state index contributed by atoms with van der Waals surface area (Å²) in [5.41, 5.74) is 0.805. The van der Waals surface area contributed by atoms with Gasteiger partial charge in [0, 0.05) is 24.2 Å². The Kier molecular flexibility index (Phi) is 5.38. The number of nitrogens with one attached hydrogen (secondary N) is 1. The number of carbonyl (C=O) groups excluding carboxylic acids is 1. The van der Waals surface area contributed by atoms with Crippen molar-refractivity contribution in [2.24, 2.45) is 0 Å². The molecule has 1 unspecified atom stereocenters. The standard InChI is InChI=1S/C15H20ClFN2O/c1-11(13-6-5-12(17)9-14(13)16)18-10-15(20)19-7-3-2-4-8-19/h5-6,9,11,18H,2-4,7-8,10H2,1H3. The molecule has 1 atom stereocenters. The molecule has 1 aliphatic rings. The van der Waals surface area contributed by atoms with Crippen molar-refractivity contribution in [1.82, 2.24) is 10.2 Å². The Hall–Kier alpha value is -1.13. The maximum atomic E-state index is 13.0. The van der Waals surface area contributed by atoms with Crippen LogP contribution in [0.2, 0.25) is 5.02 Å². The van der Waals surface area contributed by atoms with Crippen LogP contribution in [0.5, 0.6) is 0 Å². The normalized spacial score (nSPS) is 17.1. The number of benzene rings is 1. The van der Waals surface area contributed by atoms with Crippen molar-refractivity contribution >= 4 is 17.5 Å². The largest absolute Gasteiger partial charge is 0.342 e. The number of amides is 1. The van der Waals surface area contributed by atoms with Crippen molar-refractivity contribution in [3.63, 3.8) is 0 Å². The molecule has 1 aromatic carbocycles. The average molecular weight is 299 g/mol. The zero-order valence-electron chi connectivity index (χ0n) is 11.7. The molecule has 3 nitrogen and oxygen atoms in total. The topological polar surface area (TPSA) is 32.3 Å². The summed E-state index contributed by atoms with van der Waals surface area (Å²) < 4.78 is 13.0. The van der Waals surface area contributed by atoms with Gasteiger partial charge in [-0.2, -0.15) is 0 Å². The molecule has 0 bridgehead atoms. The van der Waals surface area contributed by atoms with Crippen molar-refractivity contribution in [2.75, 3.05) is 19.6 Å². The molecular weight excluding hydrogens is 279 g/mol. The summed E-state index contributed by atoms with van der Waals surface area (Å²) in [6.07, 6.45) is 3.38. The highest BCUT2D eigenvalue weighted by Gasteiger charge is 2.17. The molecule has 1 heterocycles. The minimum Gasteiger partial charge on any atom is -0.342 e. The van der Waals surface area contributed by atoms with Gasteiger partial charge >= 0.3 is 0 Å². The summed E-state index contributed by atoms with van der Waals surface area (Å²) in [7, 11) is 0. The van der Waals surface area contributed by atoms with Gasteiger partial charge < -0.3 is 10.2 Å². The Bertz CT molecular complexity index is 475. The molecule has 1 amide bonds. The van der Waals surface area contributed by atoms with Crippen LogP contribution in [0.4, 0.5) is 4.39 Å². The highest BCUT2D eigenvalue weighted by atomic mass is 35.5. The van der Waals surface area contributed by atoms with E-state index in [2.05, 4.69) is 5.32 Å². The van der Waals surface area contributed by atoms with E-state index in [4.69, 9.17) is 11.6 Å². The number of carbonyl (C=O) groups is 1. The molecule has 0 aliphatic carbocycles. The third kappa shape index (κ3) is 3.93. The van der Waals surface area contributed by atoms with E-state index >= 15 is 0 Å². The maximum Gasteiger partial charge on any atom is 0.236 e. The second kappa shape index (κ2) is 7.04. The van der Waals surface area contributed by atoms with Gasteiger partial charge in [0.05, 0.1) is 6.54 Å². The molecule has 1 N–H and O–H groups in total. The Morgan fingerprint density at radius 3 is 2.75 bits per heavy atom. The van der Waals surface area contributed by atoms with E-state index in [-0.39, 0.29) is 24.3 Å². The quantitative estimate of drug-likeness (QED) is 0.926. The highest BCUT2D eigenvalue weighted by molar-refractivity contribution is 6.31. The van der Waals surface area contributed by atoms with Crippen LogP contribution in [0.25, 0.3) is 0 Å². The van der Waals surface area contributed by atoms with Crippen LogP contribution in [0.15, 0.2) is 18.2 Å². The summed E-state index contributed by atoms with van der Waals surface area (Å²) in [5, 5.41) is 3.54. The Morgan fingerprint density at radius 2 is 2.10 bits per heavy atom. The molecule has 0 aromatic heterocycles. The van der Waals surface area contributed by atoms with Gasteiger partial charge in [-0.25, -0.2) is 4.39 Å². The second-order valence-corrected chi connectivity index (χ2v) is 5.62. The zero-order chi connectivity index (χ0) is 14.5. The minimum atomic E-state index is -0.352. The third-order valence-electron chi connectivity index (χ3n) is 3.70. The fourth-order valence-corrected chi connectivity index (χ4v) is 2.79. The van der Waals surface area contributed by atoms with Crippen molar-refractivity contribution in [1.29, 1.82) is 0 Å². The first kappa shape index (κ1) is 15.3. The number of hydrogen-bond acceptors (Lipinski definition) is 2. The lowest BCUT2D eigenvalue weighted by Gasteiger charge is -2.27. The Balaban J connectivity index is 1.87. The summed E-state index contributed by atoms with van der Waals surface area (Å²) in [4.78, 5) is 13.9. The molecule has 0 radical (unpaired) electrons. The molecule has 110 valence electrons. The minimum absolute atomic E-state index is 0.0863. The fourth-order valence-electron chi connectivity index (χ4n) is 2.46. The fraction of sp³-hybridized carbons (Fsp3) is 0.533. The van der Waals surface area contributed by atoms with E-state index in [0.29, 0.717) is 5.02 Å². The molecular formula is C15H20ClFN2O. The molecule has 2 rings (SSSR count). The average Bonchev–Trinajstić information content (AvgIpc) is 2.45. The lowest BCUT2D eigenvalue weighted by Crippen LogP contribution is -2.41. The van der Waals surface area contributed by atoms with Crippen LogP contribution in [0.3, 0.4) is 0 Å². The molecule has 1 aliphatic heterocycles. The number of nitrogens with zero attached hydrogens (tertiary/aromatic N) is 1. The predicted molar refractivity (Wildman–Crippen MR) is 78.3 cm³/mol. The van der Waals surface area contributed by atoms with Crippen LogP contribution in [-0.2, 0) is 4.79 Å². The Morgan fingerprint density at radius 1 is 1.40 bits per heavy atom. The zero-order valence-corrected chi connectivity index (χ0v) is 12.4. The number of likely N-dealkylation sites (tertiary alicyclic amines) is 1. The number of hydrogen-bond donors (Lipinski definition) is 1. The van der Waals surface area contributed by atoms with Gasteiger partial charge in [0.1, 0.15) is 5.82 Å². The van der Waals surface area contributed by atoms with Gasteiger partial charge in [-0.3, -0.25) is 4.79 Å². The van der Waals surface area contributed by atoms with Crippen molar-refractivity contribution in [2.45, 2.75) is 32.2 Å². The summed E-state index contributed by atoms with van der Waals surface area (Å²) in [6.45, 7) is 3.91. The summed E-state index contributed by atoms with van der Waals surface area (Å²) in [5.74, 6) is -0.231. The summed E-state index contributed by atoms with van der Waals surface area (Å²) in [6, 6.07) is 4.24. The van der Waals surface area contributed by atoms with E-state index in [1.165, 1.54) is 18.6 Å². The highest BCUT2D eigenvalue weighted by Crippen LogP contribution is 2.23. The number of halogens is 2.